The van der Waals surface area contributed by atoms with Crippen molar-refractivity contribution in [3.05, 3.63) is 0 Å². The number of piperidine rings is 1. The van der Waals surface area contributed by atoms with Crippen LogP contribution in [-0.4, -0.2) is 71.8 Å². The van der Waals surface area contributed by atoms with E-state index in [1.54, 1.807) is 25.7 Å². The topological polar surface area (TPSA) is 134 Å². The largest absolute Gasteiger partial charge is 0.444 e. The van der Waals surface area contributed by atoms with Crippen LogP contribution in [0.15, 0.2) is 0 Å². The lowest BCUT2D eigenvalue weighted by molar-refractivity contribution is -0.145. The van der Waals surface area contributed by atoms with Gasteiger partial charge in [-0.05, 0) is 55.8 Å². The molecule has 37 heavy (non-hydrogen) atoms. The van der Waals surface area contributed by atoms with E-state index in [2.05, 4.69) is 29.8 Å². The Hall–Kier alpha value is -2.65. The fraction of sp³-hybridized carbons (Fsp3) is 0.815. The number of ketones is 1. The van der Waals surface area contributed by atoms with Gasteiger partial charge in [0.15, 0.2) is 0 Å². The molecule has 3 N–H and O–H groups in total. The molecule has 0 radical (unpaired) electrons. The number of amides is 4. The van der Waals surface area contributed by atoms with Crippen LogP contribution in [0.3, 0.4) is 0 Å². The Morgan fingerprint density at radius 1 is 1.00 bits per heavy atom. The summed E-state index contributed by atoms with van der Waals surface area (Å²) in [5.74, 6) is -1.86. The number of Topliss-reactive ketones (excluding diaryl/α,β-unsaturated/α-hetero) is 1. The zero-order valence-electron chi connectivity index (χ0n) is 23.7. The van der Waals surface area contributed by atoms with Gasteiger partial charge in [0.25, 0.3) is 5.91 Å². The van der Waals surface area contributed by atoms with Gasteiger partial charge in [0.1, 0.15) is 17.7 Å². The number of rotatable bonds is 8. The Labute approximate surface area is 220 Å². The molecule has 2 saturated carbocycles. The van der Waals surface area contributed by atoms with Gasteiger partial charge in [-0.15, -0.1) is 0 Å². The zero-order chi connectivity index (χ0) is 28.1. The molecule has 3 aliphatic rings. The number of ether oxygens (including phenoxy) is 1. The smallest absolute Gasteiger partial charge is 0.408 e. The molecule has 0 aromatic heterocycles. The standard InChI is InChI=1S/C27H44N4O6/c1-25(2,3)20(30-24(36)37-26(4,5)6)23(35)31-13-15-17(27(15,7)8)18(31)21(33)29-16(12-14-10-11-14)19(32)22(34)28-9/h14-18,20H,10-13H2,1-9H3,(H,28,34)(H,29,33)(H,30,36). The first kappa shape index (κ1) is 28.9. The summed E-state index contributed by atoms with van der Waals surface area (Å²) >= 11 is 0. The van der Waals surface area contributed by atoms with Gasteiger partial charge in [-0.3, -0.25) is 19.2 Å². The van der Waals surface area contributed by atoms with Gasteiger partial charge in [0, 0.05) is 13.6 Å². The minimum atomic E-state index is -0.934. The molecular formula is C27H44N4O6. The first-order chi connectivity index (χ1) is 16.9. The van der Waals surface area contributed by atoms with Gasteiger partial charge in [0.2, 0.25) is 17.6 Å². The van der Waals surface area contributed by atoms with Gasteiger partial charge >= 0.3 is 6.09 Å². The van der Waals surface area contributed by atoms with E-state index in [4.69, 9.17) is 4.74 Å². The molecule has 10 nitrogen and oxygen atoms in total. The summed E-state index contributed by atoms with van der Waals surface area (Å²) in [6.07, 6.45) is 1.62. The number of fused-ring (bicyclic) bond motifs is 1. The van der Waals surface area contributed by atoms with Crippen LogP contribution in [-0.2, 0) is 23.9 Å². The van der Waals surface area contributed by atoms with Crippen molar-refractivity contribution < 1.29 is 28.7 Å². The van der Waals surface area contributed by atoms with E-state index in [9.17, 15) is 24.0 Å². The number of carbonyl (C=O) groups excluding carboxylic acids is 5. The highest BCUT2D eigenvalue weighted by Crippen LogP contribution is 2.65. The van der Waals surface area contributed by atoms with Crippen molar-refractivity contribution in [1.82, 2.24) is 20.9 Å². The third-order valence-corrected chi connectivity index (χ3v) is 7.88. The second kappa shape index (κ2) is 9.91. The van der Waals surface area contributed by atoms with Crippen LogP contribution in [0.25, 0.3) is 0 Å². The molecule has 10 heteroatoms. The second-order valence-electron chi connectivity index (χ2n) is 13.5. The maximum absolute atomic E-state index is 13.9. The van der Waals surface area contributed by atoms with Crippen LogP contribution in [0.5, 0.6) is 0 Å². The van der Waals surface area contributed by atoms with Gasteiger partial charge < -0.3 is 25.6 Å². The summed E-state index contributed by atoms with van der Waals surface area (Å²) in [6.45, 7) is 15.3. The molecule has 208 valence electrons. The number of alkyl carbamates (subject to hydrolysis) is 1. The third-order valence-electron chi connectivity index (χ3n) is 7.88. The van der Waals surface area contributed by atoms with E-state index >= 15 is 0 Å². The van der Waals surface area contributed by atoms with Crippen molar-refractivity contribution in [3.8, 4) is 0 Å². The lowest BCUT2D eigenvalue weighted by Crippen LogP contribution is -2.60. The molecule has 0 aromatic rings. The molecule has 5 unspecified atom stereocenters. The summed E-state index contributed by atoms with van der Waals surface area (Å²) < 4.78 is 5.39. The van der Waals surface area contributed by atoms with E-state index < -0.39 is 52.8 Å². The molecule has 2 aliphatic carbocycles. The SMILES string of the molecule is CNC(=O)C(=O)C(CC1CC1)NC(=O)C1C2C(CN1C(=O)C(NC(=O)OC(C)(C)C)C(C)(C)C)C2(C)C. The molecule has 5 atom stereocenters. The summed E-state index contributed by atoms with van der Waals surface area (Å²) in [6, 6.07) is -2.65. The number of nitrogens with one attached hydrogen (secondary N) is 3. The molecule has 3 rings (SSSR count). The molecule has 0 spiro atoms. The highest BCUT2D eigenvalue weighted by Gasteiger charge is 2.70. The first-order valence-electron chi connectivity index (χ1n) is 13.2. The number of nitrogens with zero attached hydrogens (tertiary/aromatic N) is 1. The molecular weight excluding hydrogens is 476 g/mol. The van der Waals surface area contributed by atoms with E-state index in [1.165, 1.54) is 7.05 Å². The average molecular weight is 521 g/mol. The van der Waals surface area contributed by atoms with E-state index in [1.807, 2.05) is 20.8 Å². The molecule has 4 amide bonds. The number of likely N-dealkylation sites (tertiary alicyclic amines) is 1. The number of hydrogen-bond donors (Lipinski definition) is 3. The minimum Gasteiger partial charge on any atom is -0.444 e. The summed E-state index contributed by atoms with van der Waals surface area (Å²) in [4.78, 5) is 66.5. The molecule has 0 bridgehead atoms. The number of carbonyl (C=O) groups is 5. The normalized spacial score (nSPS) is 25.9. The third kappa shape index (κ3) is 6.44. The predicted molar refractivity (Wildman–Crippen MR) is 137 cm³/mol. The van der Waals surface area contributed by atoms with Crippen molar-refractivity contribution in [2.45, 2.75) is 98.4 Å². The lowest BCUT2D eigenvalue weighted by atomic mass is 9.85. The Bertz CT molecular complexity index is 959. The van der Waals surface area contributed by atoms with Crippen molar-refractivity contribution in [3.63, 3.8) is 0 Å². The quantitative estimate of drug-likeness (QED) is 0.419. The fourth-order valence-corrected chi connectivity index (χ4v) is 5.51. The number of likely N-dealkylation sites (N-methyl/N-ethyl adjacent to an activating group) is 1. The van der Waals surface area contributed by atoms with Gasteiger partial charge in [-0.1, -0.05) is 47.5 Å². The molecule has 0 aromatic carbocycles. The van der Waals surface area contributed by atoms with E-state index in [0.29, 0.717) is 18.9 Å². The van der Waals surface area contributed by atoms with Crippen LogP contribution in [0, 0.1) is 28.6 Å². The minimum absolute atomic E-state index is 0.0738. The zero-order valence-corrected chi connectivity index (χ0v) is 23.7. The maximum atomic E-state index is 13.9. The highest BCUT2D eigenvalue weighted by molar-refractivity contribution is 6.38. The van der Waals surface area contributed by atoms with Crippen LogP contribution in [0.2, 0.25) is 0 Å². The lowest BCUT2D eigenvalue weighted by Gasteiger charge is -2.38. The summed E-state index contributed by atoms with van der Waals surface area (Å²) in [5.41, 5.74) is -1.52. The van der Waals surface area contributed by atoms with Crippen molar-refractivity contribution in [2.75, 3.05) is 13.6 Å². The first-order valence-corrected chi connectivity index (χ1v) is 13.2. The van der Waals surface area contributed by atoms with Crippen molar-refractivity contribution in [2.24, 2.45) is 28.6 Å². The van der Waals surface area contributed by atoms with Gasteiger partial charge in [0.05, 0.1) is 6.04 Å². The van der Waals surface area contributed by atoms with Crippen molar-refractivity contribution in [1.29, 1.82) is 0 Å². The van der Waals surface area contributed by atoms with Crippen molar-refractivity contribution >= 4 is 29.6 Å². The molecule has 1 saturated heterocycles. The Kier molecular flexibility index (Phi) is 7.74. The molecule has 3 fully saturated rings. The average Bonchev–Trinajstić information content (AvgIpc) is 3.60. The highest BCUT2D eigenvalue weighted by atomic mass is 16.6. The summed E-state index contributed by atoms with van der Waals surface area (Å²) in [7, 11) is 1.38. The molecule has 1 aliphatic heterocycles. The van der Waals surface area contributed by atoms with E-state index in [-0.39, 0.29) is 23.2 Å². The number of hydrogen-bond acceptors (Lipinski definition) is 6. The van der Waals surface area contributed by atoms with Gasteiger partial charge in [-0.25, -0.2) is 4.79 Å². The van der Waals surface area contributed by atoms with E-state index in [0.717, 1.165) is 12.8 Å². The Morgan fingerprint density at radius 3 is 2.08 bits per heavy atom. The summed E-state index contributed by atoms with van der Waals surface area (Å²) in [5, 5.41) is 7.89. The monoisotopic (exact) mass is 520 g/mol. The Morgan fingerprint density at radius 2 is 1.59 bits per heavy atom. The van der Waals surface area contributed by atoms with Crippen LogP contribution in [0.4, 0.5) is 4.79 Å². The van der Waals surface area contributed by atoms with Gasteiger partial charge in [-0.2, -0.15) is 0 Å². The predicted octanol–water partition coefficient (Wildman–Crippen LogP) is 2.01. The van der Waals surface area contributed by atoms with Crippen LogP contribution >= 0.6 is 0 Å². The maximum Gasteiger partial charge on any atom is 0.408 e. The Balaban J connectivity index is 1.83. The fourth-order valence-electron chi connectivity index (χ4n) is 5.51. The second-order valence-corrected chi connectivity index (χ2v) is 13.5. The van der Waals surface area contributed by atoms with Crippen LogP contribution in [0.1, 0.15) is 74.7 Å². The van der Waals surface area contributed by atoms with Crippen LogP contribution < -0.4 is 16.0 Å². The molecule has 1 heterocycles.